The summed E-state index contributed by atoms with van der Waals surface area (Å²) >= 11 is 1.30. The van der Waals surface area contributed by atoms with Crippen molar-refractivity contribution in [2.45, 2.75) is 106 Å². The lowest BCUT2D eigenvalue weighted by atomic mass is 10.1. The molecule has 0 aliphatic heterocycles. The zero-order valence-electron chi connectivity index (χ0n) is 24.0. The molecule has 0 aliphatic rings. The first-order valence-corrected chi connectivity index (χ1v) is 18.0. The van der Waals surface area contributed by atoms with Crippen LogP contribution in [-0.4, -0.2) is 65.1 Å². The summed E-state index contributed by atoms with van der Waals surface area (Å²) in [7, 11) is -3.74. The molecule has 12 heteroatoms. The summed E-state index contributed by atoms with van der Waals surface area (Å²) in [6, 6.07) is 0. The van der Waals surface area contributed by atoms with E-state index in [-0.39, 0.29) is 19.4 Å². The molecule has 0 saturated carbocycles. The lowest BCUT2D eigenvalue weighted by molar-refractivity contribution is 0.218. The molecule has 0 saturated heterocycles. The van der Waals surface area contributed by atoms with Gasteiger partial charge in [-0.3, -0.25) is 0 Å². The summed E-state index contributed by atoms with van der Waals surface area (Å²) in [4.78, 5) is 2.29. The maximum Gasteiger partial charge on any atom is 0.399 e. The Bertz CT molecular complexity index is 585. The average Bonchev–Trinajstić information content (AvgIpc) is 2.81. The van der Waals surface area contributed by atoms with Crippen LogP contribution in [0.2, 0.25) is 0 Å². The second kappa shape index (κ2) is 28.3. The highest BCUT2D eigenvalue weighted by Crippen LogP contribution is 2.60. The molecule has 0 amide bonds. The van der Waals surface area contributed by atoms with E-state index in [0.717, 1.165) is 44.6 Å². The quantitative estimate of drug-likeness (QED) is 0.0900. The summed E-state index contributed by atoms with van der Waals surface area (Å²) < 4.78 is 53.7. The molecule has 0 spiro atoms. The van der Waals surface area contributed by atoms with Gasteiger partial charge in [0, 0.05) is 12.3 Å². The molecule has 36 heavy (non-hydrogen) atoms. The second-order valence-electron chi connectivity index (χ2n) is 7.96. The largest absolute Gasteiger partial charge is 0.399 e. The highest BCUT2D eigenvalue weighted by atomic mass is 32.7. The van der Waals surface area contributed by atoms with Gasteiger partial charge in [0.2, 0.25) is 0 Å². The van der Waals surface area contributed by atoms with Crippen LogP contribution in [0.4, 0.5) is 0 Å². The van der Waals surface area contributed by atoms with E-state index in [9.17, 15) is 13.0 Å². The van der Waals surface area contributed by atoms with Gasteiger partial charge in [-0.1, -0.05) is 78.6 Å². The minimum Gasteiger partial charge on any atom is -0.344 e. The van der Waals surface area contributed by atoms with Crippen LogP contribution in [0, 0.1) is 0 Å². The molecule has 0 unspecified atom stereocenters. The fourth-order valence-electron chi connectivity index (χ4n) is 3.18. The van der Waals surface area contributed by atoms with Crippen molar-refractivity contribution in [3.05, 3.63) is 0 Å². The van der Waals surface area contributed by atoms with Gasteiger partial charge in [-0.15, -0.1) is 0 Å². The molecule has 0 rings (SSSR count). The van der Waals surface area contributed by atoms with E-state index in [4.69, 9.17) is 13.2 Å². The van der Waals surface area contributed by atoms with Crippen molar-refractivity contribution in [3.8, 4) is 0 Å². The number of unbranched alkanes of at least 4 members (excludes halogenated alkanes) is 9. The topological polar surface area (TPSA) is 126 Å². The molecule has 0 atom stereocenters. The standard InChI is InChI=1S/C14H30O4S.C10H24NO3PS.H3N/c1-3-5-6-7-8-9-10-11-12-13-14-18-19(15,16)17-4-2;1-5-11(6-2)9-10-16-15(12,13-7-3)14-8-4;/h3-14H2,1-2H3;5-10H2,1-4H3;1H3. The Morgan fingerprint density at radius 2 is 1.17 bits per heavy atom. The van der Waals surface area contributed by atoms with E-state index >= 15 is 0 Å². The normalized spacial score (nSPS) is 11.8. The molecule has 0 heterocycles. The van der Waals surface area contributed by atoms with Gasteiger partial charge in [-0.2, -0.15) is 8.42 Å². The smallest absolute Gasteiger partial charge is 0.344 e. The summed E-state index contributed by atoms with van der Waals surface area (Å²) in [5, 5.41) is 0. The van der Waals surface area contributed by atoms with Gasteiger partial charge in [0.15, 0.2) is 0 Å². The van der Waals surface area contributed by atoms with Gasteiger partial charge >= 0.3 is 17.2 Å². The van der Waals surface area contributed by atoms with E-state index in [2.05, 4.69) is 29.9 Å². The average molecular weight is 581 g/mol. The van der Waals surface area contributed by atoms with Crippen molar-refractivity contribution in [1.29, 1.82) is 0 Å². The zero-order chi connectivity index (χ0) is 26.8. The Labute approximate surface area is 227 Å². The summed E-state index contributed by atoms with van der Waals surface area (Å²) in [5.74, 6) is 0.777. The summed E-state index contributed by atoms with van der Waals surface area (Å²) in [6.07, 6.45) is 12.2. The van der Waals surface area contributed by atoms with E-state index in [1.165, 1.54) is 56.3 Å². The SMILES string of the molecule is CCCCCCCCCCCCOS(=O)(=O)OCC.CCOP(=O)(OCC)SCCN(CC)CC.N. The molecule has 0 aromatic rings. The molecule has 0 aromatic carbocycles. The highest BCUT2D eigenvalue weighted by Gasteiger charge is 2.24. The lowest BCUT2D eigenvalue weighted by Crippen LogP contribution is -2.25. The Morgan fingerprint density at radius 1 is 0.694 bits per heavy atom. The van der Waals surface area contributed by atoms with Gasteiger partial charge in [0.1, 0.15) is 0 Å². The first-order chi connectivity index (χ1) is 16.7. The van der Waals surface area contributed by atoms with Gasteiger partial charge in [-0.25, -0.2) is 12.9 Å². The second-order valence-corrected chi connectivity index (χ2v) is 13.4. The van der Waals surface area contributed by atoms with Crippen molar-refractivity contribution in [2.75, 3.05) is 51.8 Å². The Kier molecular flexibility index (Phi) is 32.1. The minimum atomic E-state index is -3.74. The van der Waals surface area contributed by atoms with E-state index in [1.807, 2.05) is 13.8 Å². The Morgan fingerprint density at radius 3 is 1.58 bits per heavy atom. The fourth-order valence-corrected chi connectivity index (χ4v) is 7.27. The van der Waals surface area contributed by atoms with E-state index in [1.54, 1.807) is 6.92 Å². The third-order valence-electron chi connectivity index (χ3n) is 5.11. The minimum absolute atomic E-state index is 0. The van der Waals surface area contributed by atoms with Crippen molar-refractivity contribution in [1.82, 2.24) is 11.1 Å². The first kappa shape index (κ1) is 40.8. The predicted octanol–water partition coefficient (Wildman–Crippen LogP) is 7.61. The Balaban J connectivity index is -0.000000597. The van der Waals surface area contributed by atoms with Gasteiger partial charge in [0.05, 0.1) is 26.4 Å². The predicted molar refractivity (Wildman–Crippen MR) is 154 cm³/mol. The zero-order valence-corrected chi connectivity index (χ0v) is 26.5. The maximum absolute atomic E-state index is 12.1. The van der Waals surface area contributed by atoms with Crippen LogP contribution in [0.5, 0.6) is 0 Å². The summed E-state index contributed by atoms with van der Waals surface area (Å²) in [6.45, 7) is 13.0. The molecule has 0 aromatic heterocycles. The molecule has 9 nitrogen and oxygen atoms in total. The van der Waals surface area contributed by atoms with Crippen LogP contribution in [0.1, 0.15) is 106 Å². The van der Waals surface area contributed by atoms with Crippen molar-refractivity contribution in [2.24, 2.45) is 0 Å². The molecule has 0 aliphatic carbocycles. The molecular formula is C24H57N2O7PS2. The molecular weight excluding hydrogens is 523 g/mol. The fraction of sp³-hybridized carbons (Fsp3) is 1.00. The highest BCUT2D eigenvalue weighted by molar-refractivity contribution is 8.55. The molecule has 0 bridgehead atoms. The van der Waals surface area contributed by atoms with Crippen LogP contribution >= 0.6 is 18.2 Å². The molecule has 0 radical (unpaired) electrons. The monoisotopic (exact) mass is 580 g/mol. The van der Waals surface area contributed by atoms with E-state index in [0.29, 0.717) is 13.2 Å². The van der Waals surface area contributed by atoms with Crippen molar-refractivity contribution in [3.63, 3.8) is 0 Å². The summed E-state index contributed by atoms with van der Waals surface area (Å²) in [5.41, 5.74) is 0. The van der Waals surface area contributed by atoms with Gasteiger partial charge in [0.25, 0.3) is 0 Å². The van der Waals surface area contributed by atoms with Crippen LogP contribution < -0.4 is 6.15 Å². The van der Waals surface area contributed by atoms with Crippen molar-refractivity contribution >= 4 is 28.6 Å². The first-order valence-electron chi connectivity index (χ1n) is 13.5. The van der Waals surface area contributed by atoms with Gasteiger partial charge < -0.3 is 20.1 Å². The third kappa shape index (κ3) is 27.3. The van der Waals surface area contributed by atoms with Gasteiger partial charge in [-0.05, 0) is 51.7 Å². The van der Waals surface area contributed by atoms with Crippen LogP contribution in [0.15, 0.2) is 0 Å². The van der Waals surface area contributed by atoms with Crippen LogP contribution in [0.3, 0.4) is 0 Å². The molecule has 0 fully saturated rings. The lowest BCUT2D eigenvalue weighted by Gasteiger charge is -2.20. The number of hydrogen-bond donors (Lipinski definition) is 1. The molecule has 3 N–H and O–H groups in total. The van der Waals surface area contributed by atoms with Crippen molar-refractivity contribution < 1.29 is 30.4 Å². The Hall–Kier alpha value is 0.290. The number of hydrogen-bond acceptors (Lipinski definition) is 10. The number of nitrogens with zero attached hydrogens (tertiary/aromatic N) is 1. The molecule has 222 valence electrons. The van der Waals surface area contributed by atoms with Crippen LogP contribution in [-0.2, 0) is 32.4 Å². The van der Waals surface area contributed by atoms with E-state index < -0.39 is 17.2 Å². The third-order valence-corrected chi connectivity index (χ3v) is 10.1. The maximum atomic E-state index is 12.1. The number of rotatable bonds is 24. The van der Waals surface area contributed by atoms with Crippen LogP contribution in [0.25, 0.3) is 0 Å².